The van der Waals surface area contributed by atoms with Gasteiger partial charge < -0.3 is 5.32 Å². The van der Waals surface area contributed by atoms with Crippen molar-refractivity contribution in [2.75, 3.05) is 5.32 Å². The number of anilines is 1. The summed E-state index contributed by atoms with van der Waals surface area (Å²) in [5.74, 6) is 0.232. The third kappa shape index (κ3) is 3.15. The monoisotopic (exact) mass is 379 g/mol. The molecule has 0 fully saturated rings. The number of nitrogens with zero attached hydrogens (tertiary/aromatic N) is 1. The Morgan fingerprint density at radius 1 is 1.14 bits per heavy atom. The number of halogens is 1. The molecule has 0 saturated carbocycles. The van der Waals surface area contributed by atoms with Crippen LogP contribution in [-0.4, -0.2) is 14.4 Å². The van der Waals surface area contributed by atoms with Gasteiger partial charge in [-0.3, -0.25) is 0 Å². The third-order valence-corrected chi connectivity index (χ3v) is 5.13. The smallest absolute Gasteiger partial charge is 0.266 e. The summed E-state index contributed by atoms with van der Waals surface area (Å²) < 4.78 is 27.6. The first-order valence-electron chi connectivity index (χ1n) is 6.63. The minimum absolute atomic E-state index is 0.205. The third-order valence-electron chi connectivity index (χ3n) is 3.26. The Bertz CT molecular complexity index is 846. The van der Waals surface area contributed by atoms with Crippen molar-refractivity contribution in [1.82, 2.24) is 4.72 Å². The van der Waals surface area contributed by atoms with Gasteiger partial charge in [0.2, 0.25) is 5.96 Å². The fraction of sp³-hybridized carbons (Fsp3) is 0.133. The van der Waals surface area contributed by atoms with Crippen LogP contribution in [0.15, 0.2) is 56.8 Å². The van der Waals surface area contributed by atoms with Gasteiger partial charge in [-0.2, -0.15) is 0 Å². The first kappa shape index (κ1) is 15.1. The number of hydrogen-bond acceptors (Lipinski definition) is 3. The quantitative estimate of drug-likeness (QED) is 0.842. The van der Waals surface area contributed by atoms with Gasteiger partial charge >= 0.3 is 0 Å². The van der Waals surface area contributed by atoms with E-state index in [1.165, 1.54) is 5.56 Å². The van der Waals surface area contributed by atoms with Crippen molar-refractivity contribution in [2.45, 2.75) is 18.4 Å². The molecule has 0 radical (unpaired) electrons. The fourth-order valence-electron chi connectivity index (χ4n) is 2.09. The molecule has 0 unspecified atom stereocenters. The number of guanidine groups is 1. The van der Waals surface area contributed by atoms with E-state index in [0.717, 1.165) is 5.56 Å². The van der Waals surface area contributed by atoms with Crippen LogP contribution in [0.1, 0.15) is 11.1 Å². The second kappa shape index (κ2) is 5.73. The van der Waals surface area contributed by atoms with Crippen molar-refractivity contribution in [3.8, 4) is 0 Å². The maximum Gasteiger partial charge on any atom is 0.266 e. The molecule has 1 aliphatic rings. The van der Waals surface area contributed by atoms with E-state index < -0.39 is 10.0 Å². The van der Waals surface area contributed by atoms with Crippen molar-refractivity contribution >= 4 is 37.6 Å². The highest BCUT2D eigenvalue weighted by Crippen LogP contribution is 2.27. The highest BCUT2D eigenvalue weighted by molar-refractivity contribution is 9.10. The van der Waals surface area contributed by atoms with Crippen LogP contribution in [0.2, 0.25) is 0 Å². The molecule has 0 aliphatic carbocycles. The summed E-state index contributed by atoms with van der Waals surface area (Å²) in [5, 5.41) is 3.00. The molecule has 2 N–H and O–H groups in total. The average molecular weight is 380 g/mol. The largest absolute Gasteiger partial charge is 0.324 e. The highest BCUT2D eigenvalue weighted by atomic mass is 79.9. The lowest BCUT2D eigenvalue weighted by Gasteiger charge is -2.21. The van der Waals surface area contributed by atoms with Gasteiger partial charge in [0.15, 0.2) is 0 Å². The van der Waals surface area contributed by atoms with E-state index in [4.69, 9.17) is 0 Å². The van der Waals surface area contributed by atoms with E-state index in [9.17, 15) is 8.42 Å². The zero-order valence-electron chi connectivity index (χ0n) is 11.8. The molecule has 3 rings (SSSR count). The first-order valence-corrected chi connectivity index (χ1v) is 8.91. The van der Waals surface area contributed by atoms with Crippen molar-refractivity contribution in [1.29, 1.82) is 0 Å². The maximum absolute atomic E-state index is 12.2. The molecule has 5 nitrogen and oxygen atoms in total. The number of aliphatic imine (C=N–C) groups is 1. The van der Waals surface area contributed by atoms with Crippen LogP contribution in [-0.2, 0) is 16.6 Å². The molecular formula is C15H14BrN3O2S. The van der Waals surface area contributed by atoms with Crippen LogP contribution in [0, 0.1) is 6.92 Å². The molecule has 7 heteroatoms. The van der Waals surface area contributed by atoms with Crippen molar-refractivity contribution in [3.63, 3.8) is 0 Å². The molecule has 2 aromatic carbocycles. The Morgan fingerprint density at radius 3 is 2.59 bits per heavy atom. The van der Waals surface area contributed by atoms with Gasteiger partial charge in [0.05, 0.1) is 12.2 Å². The molecule has 0 spiro atoms. The summed E-state index contributed by atoms with van der Waals surface area (Å²) in [7, 11) is -3.60. The summed E-state index contributed by atoms with van der Waals surface area (Å²) in [6, 6.07) is 13.0. The van der Waals surface area contributed by atoms with Crippen LogP contribution in [0.25, 0.3) is 0 Å². The molecule has 0 aromatic heterocycles. The molecule has 2 aromatic rings. The fourth-order valence-corrected chi connectivity index (χ4v) is 3.78. The predicted molar refractivity (Wildman–Crippen MR) is 90.4 cm³/mol. The summed E-state index contributed by atoms with van der Waals surface area (Å²) in [4.78, 5) is 4.51. The molecule has 0 saturated heterocycles. The minimum atomic E-state index is -3.60. The van der Waals surface area contributed by atoms with Crippen LogP contribution >= 0.6 is 15.9 Å². The lowest BCUT2D eigenvalue weighted by Crippen LogP contribution is -2.40. The highest BCUT2D eigenvalue weighted by Gasteiger charge is 2.26. The molecule has 22 heavy (non-hydrogen) atoms. The molecular weight excluding hydrogens is 366 g/mol. The number of rotatable bonds is 2. The topological polar surface area (TPSA) is 70.6 Å². The van der Waals surface area contributed by atoms with Gasteiger partial charge in [-0.1, -0.05) is 45.8 Å². The van der Waals surface area contributed by atoms with Gasteiger partial charge in [-0.25, -0.2) is 18.1 Å². The number of hydrogen-bond donors (Lipinski definition) is 2. The second-order valence-corrected chi connectivity index (χ2v) is 7.59. The molecule has 114 valence electrons. The van der Waals surface area contributed by atoms with Crippen LogP contribution in [0.4, 0.5) is 5.69 Å². The Kier molecular flexibility index (Phi) is 3.92. The number of fused-ring (bicyclic) bond motifs is 1. The zero-order chi connectivity index (χ0) is 15.7. The second-order valence-electron chi connectivity index (χ2n) is 5.02. The Balaban J connectivity index is 1.87. The van der Waals surface area contributed by atoms with Gasteiger partial charge in [0.1, 0.15) is 4.90 Å². The zero-order valence-corrected chi connectivity index (χ0v) is 14.2. The molecule has 0 atom stereocenters. The van der Waals surface area contributed by atoms with Gasteiger partial charge in [0.25, 0.3) is 10.0 Å². The van der Waals surface area contributed by atoms with E-state index in [1.807, 2.05) is 31.2 Å². The van der Waals surface area contributed by atoms with Gasteiger partial charge in [0, 0.05) is 4.47 Å². The van der Waals surface area contributed by atoms with E-state index >= 15 is 0 Å². The number of nitrogens with one attached hydrogen (secondary N) is 2. The molecule has 1 heterocycles. The number of aryl methyl sites for hydroxylation is 1. The van der Waals surface area contributed by atoms with Crippen LogP contribution in [0.3, 0.4) is 0 Å². The predicted octanol–water partition coefficient (Wildman–Crippen LogP) is 3.02. The molecule has 1 aliphatic heterocycles. The lowest BCUT2D eigenvalue weighted by atomic mass is 10.1. The van der Waals surface area contributed by atoms with Crippen molar-refractivity contribution < 1.29 is 8.42 Å². The van der Waals surface area contributed by atoms with E-state index in [0.29, 0.717) is 16.7 Å². The Labute approximate surface area is 137 Å². The SMILES string of the molecule is Cc1ccc(CN=C2Nc3ccc(Br)cc3S(=O)(=O)N2)cc1. The Morgan fingerprint density at radius 2 is 1.86 bits per heavy atom. The summed E-state index contributed by atoms with van der Waals surface area (Å²) in [6.45, 7) is 2.42. The summed E-state index contributed by atoms with van der Waals surface area (Å²) >= 11 is 3.27. The molecule has 0 amide bonds. The lowest BCUT2D eigenvalue weighted by molar-refractivity contribution is 0.591. The summed E-state index contributed by atoms with van der Waals surface area (Å²) in [5.41, 5.74) is 2.71. The van der Waals surface area contributed by atoms with Gasteiger partial charge in [-0.05, 0) is 30.7 Å². The van der Waals surface area contributed by atoms with E-state index in [2.05, 4.69) is 31.0 Å². The van der Waals surface area contributed by atoms with E-state index in [1.54, 1.807) is 18.2 Å². The molecule has 0 bridgehead atoms. The van der Waals surface area contributed by atoms with E-state index in [-0.39, 0.29) is 10.9 Å². The minimum Gasteiger partial charge on any atom is -0.324 e. The first-order chi connectivity index (χ1) is 10.4. The average Bonchev–Trinajstić information content (AvgIpc) is 2.47. The van der Waals surface area contributed by atoms with Crippen molar-refractivity contribution in [2.24, 2.45) is 4.99 Å². The number of sulfonamides is 1. The van der Waals surface area contributed by atoms with Gasteiger partial charge in [-0.15, -0.1) is 0 Å². The van der Waals surface area contributed by atoms with Crippen molar-refractivity contribution in [3.05, 3.63) is 58.1 Å². The van der Waals surface area contributed by atoms with Crippen LogP contribution in [0.5, 0.6) is 0 Å². The van der Waals surface area contributed by atoms with Crippen LogP contribution < -0.4 is 10.0 Å². The Hall–Kier alpha value is -1.86. The normalized spacial score (nSPS) is 17.5. The standard InChI is InChI=1S/C15H14BrN3O2S/c1-10-2-4-11(5-3-10)9-17-15-18-13-7-6-12(16)8-14(13)22(20,21)19-15/h2-8H,9H2,1H3,(H2,17,18,19). The number of benzene rings is 2. The maximum atomic E-state index is 12.2. The summed E-state index contributed by atoms with van der Waals surface area (Å²) in [6.07, 6.45) is 0.